The predicted octanol–water partition coefficient (Wildman–Crippen LogP) is 2.96. The van der Waals surface area contributed by atoms with Crippen molar-refractivity contribution in [2.24, 2.45) is 5.92 Å². The molecule has 0 radical (unpaired) electrons. The van der Waals surface area contributed by atoms with Crippen LogP contribution in [0.4, 0.5) is 0 Å². The number of furan rings is 1. The Morgan fingerprint density at radius 1 is 1.40 bits per heavy atom. The van der Waals surface area contributed by atoms with E-state index in [-0.39, 0.29) is 0 Å². The summed E-state index contributed by atoms with van der Waals surface area (Å²) < 4.78 is 5.64. The summed E-state index contributed by atoms with van der Waals surface area (Å²) in [6.07, 6.45) is 5.14. The van der Waals surface area contributed by atoms with Gasteiger partial charge in [0.05, 0.1) is 0 Å². The quantitative estimate of drug-likeness (QED) is 0.837. The van der Waals surface area contributed by atoms with E-state index in [1.54, 1.807) is 0 Å². The molecule has 0 aromatic carbocycles. The van der Waals surface area contributed by atoms with Crippen molar-refractivity contribution >= 4 is 11.6 Å². The summed E-state index contributed by atoms with van der Waals surface area (Å²) in [5, 5.41) is 3.98. The fourth-order valence-corrected chi connectivity index (χ4v) is 3.27. The van der Waals surface area contributed by atoms with Crippen LogP contribution in [-0.4, -0.2) is 13.1 Å². The first-order valence-electron chi connectivity index (χ1n) is 5.78. The minimum atomic E-state index is 0.302. The van der Waals surface area contributed by atoms with Crippen LogP contribution in [0.3, 0.4) is 0 Å². The third kappa shape index (κ3) is 1.42. The van der Waals surface area contributed by atoms with Crippen molar-refractivity contribution in [1.29, 1.82) is 0 Å². The smallest absolute Gasteiger partial charge is 0.193 e. The predicted molar refractivity (Wildman–Crippen MR) is 60.2 cm³/mol. The molecule has 0 bridgehead atoms. The van der Waals surface area contributed by atoms with Crippen molar-refractivity contribution in [2.45, 2.75) is 31.1 Å². The Bertz CT molecular complexity index is 350. The van der Waals surface area contributed by atoms with E-state index in [1.807, 2.05) is 6.07 Å². The molecule has 1 unspecified atom stereocenters. The standard InChI is InChI=1S/C12H16ClNO/c13-11-3-2-10(15-11)12(5-1-6-12)9-4-7-14-8-9/h2-3,9,14H,1,4-8H2. The minimum absolute atomic E-state index is 0.302. The van der Waals surface area contributed by atoms with Gasteiger partial charge < -0.3 is 9.73 Å². The maximum atomic E-state index is 5.87. The van der Waals surface area contributed by atoms with Gasteiger partial charge in [-0.1, -0.05) is 6.42 Å². The number of hydrogen-bond acceptors (Lipinski definition) is 2. The van der Waals surface area contributed by atoms with E-state index >= 15 is 0 Å². The van der Waals surface area contributed by atoms with Crippen LogP contribution in [0, 0.1) is 5.92 Å². The van der Waals surface area contributed by atoms with Gasteiger partial charge in [-0.2, -0.15) is 0 Å². The van der Waals surface area contributed by atoms with Crippen LogP contribution < -0.4 is 5.32 Å². The Hall–Kier alpha value is -0.470. The second kappa shape index (κ2) is 3.53. The summed E-state index contributed by atoms with van der Waals surface area (Å²) in [5.74, 6) is 1.86. The van der Waals surface area contributed by atoms with Crippen LogP contribution in [0.15, 0.2) is 16.5 Å². The second-order valence-electron chi connectivity index (χ2n) is 4.80. The molecular weight excluding hydrogens is 210 g/mol. The highest BCUT2D eigenvalue weighted by molar-refractivity contribution is 6.28. The maximum Gasteiger partial charge on any atom is 0.193 e. The van der Waals surface area contributed by atoms with Crippen molar-refractivity contribution in [2.75, 3.05) is 13.1 Å². The number of rotatable bonds is 2. The van der Waals surface area contributed by atoms with Gasteiger partial charge in [0.15, 0.2) is 5.22 Å². The van der Waals surface area contributed by atoms with Gasteiger partial charge in [0.25, 0.3) is 0 Å². The van der Waals surface area contributed by atoms with Crippen molar-refractivity contribution in [3.8, 4) is 0 Å². The van der Waals surface area contributed by atoms with Crippen molar-refractivity contribution in [3.63, 3.8) is 0 Å². The Kier molecular flexibility index (Phi) is 2.29. The van der Waals surface area contributed by atoms with E-state index in [4.69, 9.17) is 16.0 Å². The summed E-state index contributed by atoms with van der Waals surface area (Å²) in [6.45, 7) is 2.29. The average molecular weight is 226 g/mol. The fraction of sp³-hybridized carbons (Fsp3) is 0.667. The van der Waals surface area contributed by atoms with Crippen LogP contribution in [0.2, 0.25) is 5.22 Å². The van der Waals surface area contributed by atoms with Crippen LogP contribution >= 0.6 is 11.6 Å². The monoisotopic (exact) mass is 225 g/mol. The van der Waals surface area contributed by atoms with E-state index < -0.39 is 0 Å². The first-order valence-corrected chi connectivity index (χ1v) is 6.16. The van der Waals surface area contributed by atoms with Gasteiger partial charge in [0, 0.05) is 5.41 Å². The zero-order valence-corrected chi connectivity index (χ0v) is 9.52. The molecule has 15 heavy (non-hydrogen) atoms. The molecular formula is C12H16ClNO. The fourth-order valence-electron chi connectivity index (χ4n) is 3.12. The van der Waals surface area contributed by atoms with Crippen molar-refractivity contribution in [1.82, 2.24) is 5.32 Å². The van der Waals surface area contributed by atoms with Gasteiger partial charge in [-0.3, -0.25) is 0 Å². The Labute approximate surface area is 95.0 Å². The minimum Gasteiger partial charge on any atom is -0.449 e. The molecule has 2 fully saturated rings. The zero-order valence-electron chi connectivity index (χ0n) is 8.76. The number of nitrogens with one attached hydrogen (secondary N) is 1. The Morgan fingerprint density at radius 2 is 2.27 bits per heavy atom. The van der Waals surface area contributed by atoms with Gasteiger partial charge in [-0.05, 0) is 62.0 Å². The molecule has 0 amide bonds. The molecule has 1 aromatic rings. The van der Waals surface area contributed by atoms with Crippen LogP contribution in [0.5, 0.6) is 0 Å². The lowest BCUT2D eigenvalue weighted by Crippen LogP contribution is -2.42. The van der Waals surface area contributed by atoms with Crippen molar-refractivity contribution in [3.05, 3.63) is 23.1 Å². The molecule has 2 nitrogen and oxygen atoms in total. The molecule has 2 heterocycles. The molecule has 2 aliphatic rings. The molecule has 1 N–H and O–H groups in total. The topological polar surface area (TPSA) is 25.2 Å². The maximum absolute atomic E-state index is 5.87. The summed E-state index contributed by atoms with van der Waals surface area (Å²) >= 11 is 5.87. The van der Waals surface area contributed by atoms with E-state index in [2.05, 4.69) is 11.4 Å². The van der Waals surface area contributed by atoms with Gasteiger partial charge in [-0.25, -0.2) is 0 Å². The lowest BCUT2D eigenvalue weighted by Gasteiger charge is -2.44. The van der Waals surface area contributed by atoms with Gasteiger partial charge in [0.2, 0.25) is 0 Å². The van der Waals surface area contributed by atoms with Crippen LogP contribution in [0.1, 0.15) is 31.4 Å². The first-order chi connectivity index (χ1) is 7.31. The van der Waals surface area contributed by atoms with Crippen LogP contribution in [-0.2, 0) is 5.41 Å². The summed E-state index contributed by atoms with van der Waals surface area (Å²) in [7, 11) is 0. The normalized spacial score (nSPS) is 29.0. The first kappa shape index (κ1) is 9.73. The largest absolute Gasteiger partial charge is 0.449 e. The van der Waals surface area contributed by atoms with E-state index in [0.717, 1.165) is 24.8 Å². The molecule has 0 spiro atoms. The molecule has 1 aromatic heterocycles. The second-order valence-corrected chi connectivity index (χ2v) is 5.18. The van der Waals surface area contributed by atoms with E-state index in [1.165, 1.54) is 25.7 Å². The molecule has 1 atom stereocenters. The summed E-state index contributed by atoms with van der Waals surface area (Å²) in [5.41, 5.74) is 0.302. The molecule has 1 aliphatic heterocycles. The third-order valence-corrected chi connectivity index (χ3v) is 4.35. The van der Waals surface area contributed by atoms with Crippen LogP contribution in [0.25, 0.3) is 0 Å². The molecule has 3 rings (SSSR count). The number of hydrogen-bond donors (Lipinski definition) is 1. The SMILES string of the molecule is Clc1ccc(C2(C3CCNC3)CCC2)o1. The Morgan fingerprint density at radius 3 is 2.73 bits per heavy atom. The van der Waals surface area contributed by atoms with Gasteiger partial charge in [0.1, 0.15) is 5.76 Å². The van der Waals surface area contributed by atoms with Gasteiger partial charge in [-0.15, -0.1) is 0 Å². The molecule has 82 valence electrons. The average Bonchev–Trinajstić information content (AvgIpc) is 2.75. The summed E-state index contributed by atoms with van der Waals surface area (Å²) in [4.78, 5) is 0. The highest BCUT2D eigenvalue weighted by Crippen LogP contribution is 2.51. The van der Waals surface area contributed by atoms with E-state index in [9.17, 15) is 0 Å². The zero-order chi connectivity index (χ0) is 10.3. The lowest BCUT2D eigenvalue weighted by molar-refractivity contribution is 0.126. The summed E-state index contributed by atoms with van der Waals surface area (Å²) in [6, 6.07) is 3.94. The molecule has 3 heteroatoms. The molecule has 1 aliphatic carbocycles. The third-order valence-electron chi connectivity index (χ3n) is 4.15. The molecule has 1 saturated heterocycles. The highest BCUT2D eigenvalue weighted by atomic mass is 35.5. The highest BCUT2D eigenvalue weighted by Gasteiger charge is 2.48. The lowest BCUT2D eigenvalue weighted by atomic mass is 9.59. The van der Waals surface area contributed by atoms with Crippen molar-refractivity contribution < 1.29 is 4.42 Å². The van der Waals surface area contributed by atoms with Gasteiger partial charge >= 0.3 is 0 Å². The molecule has 1 saturated carbocycles. The number of halogens is 1. The Balaban J connectivity index is 1.91. The van der Waals surface area contributed by atoms with E-state index in [0.29, 0.717) is 10.6 Å².